The highest BCUT2D eigenvalue weighted by atomic mass is 19.1. The Labute approximate surface area is 98.2 Å². The van der Waals surface area contributed by atoms with E-state index in [1.807, 2.05) is 6.07 Å². The molecule has 0 spiro atoms. The Morgan fingerprint density at radius 2 is 2.41 bits per heavy atom. The quantitative estimate of drug-likeness (QED) is 0.778. The van der Waals surface area contributed by atoms with Gasteiger partial charge in [0.15, 0.2) is 0 Å². The van der Waals surface area contributed by atoms with Crippen LogP contribution in [0.2, 0.25) is 0 Å². The largest absolute Gasteiger partial charge is 0.365 e. The van der Waals surface area contributed by atoms with Gasteiger partial charge < -0.3 is 9.64 Å². The maximum Gasteiger partial charge on any atom is 0.253 e. The second-order valence-corrected chi connectivity index (χ2v) is 3.78. The summed E-state index contributed by atoms with van der Waals surface area (Å²) in [5.41, 5.74) is 0.501. The summed E-state index contributed by atoms with van der Waals surface area (Å²) >= 11 is 0. The van der Waals surface area contributed by atoms with E-state index in [9.17, 15) is 9.18 Å². The first-order chi connectivity index (χ1) is 8.20. The molecular weight excluding hydrogens is 223 g/mol. The van der Waals surface area contributed by atoms with Crippen LogP contribution in [0.3, 0.4) is 0 Å². The van der Waals surface area contributed by atoms with Gasteiger partial charge in [0.05, 0.1) is 25.1 Å². The van der Waals surface area contributed by atoms with Gasteiger partial charge in [-0.3, -0.25) is 4.79 Å². The molecule has 88 valence electrons. The van der Waals surface area contributed by atoms with Crippen molar-refractivity contribution < 1.29 is 13.9 Å². The van der Waals surface area contributed by atoms with Gasteiger partial charge in [0.1, 0.15) is 12.4 Å². The highest BCUT2D eigenvalue weighted by molar-refractivity contribution is 5.94. The van der Waals surface area contributed by atoms with Gasteiger partial charge in [0.25, 0.3) is 5.91 Å². The molecule has 0 aliphatic carbocycles. The van der Waals surface area contributed by atoms with Gasteiger partial charge in [-0.2, -0.15) is 5.26 Å². The summed E-state index contributed by atoms with van der Waals surface area (Å²) in [6.07, 6.45) is -0.0833. The molecule has 1 fully saturated rings. The van der Waals surface area contributed by atoms with Crippen LogP contribution in [0.1, 0.15) is 6.42 Å². The number of anilines is 1. The molecule has 2 rings (SSSR count). The van der Waals surface area contributed by atoms with Gasteiger partial charge in [-0.1, -0.05) is 6.07 Å². The van der Waals surface area contributed by atoms with E-state index >= 15 is 0 Å². The van der Waals surface area contributed by atoms with Gasteiger partial charge >= 0.3 is 0 Å². The Kier molecular flexibility index (Phi) is 3.35. The van der Waals surface area contributed by atoms with Gasteiger partial charge in [-0.15, -0.1) is 0 Å². The van der Waals surface area contributed by atoms with Gasteiger partial charge in [0.2, 0.25) is 0 Å². The molecule has 17 heavy (non-hydrogen) atoms. The fourth-order valence-corrected chi connectivity index (χ4v) is 1.74. The number of carbonyl (C=O) groups excluding carboxylic acids is 1. The predicted octanol–water partition coefficient (Wildman–Crippen LogP) is 1.47. The monoisotopic (exact) mass is 234 g/mol. The van der Waals surface area contributed by atoms with E-state index in [2.05, 4.69) is 0 Å². The van der Waals surface area contributed by atoms with Crippen LogP contribution in [0.5, 0.6) is 0 Å². The number of amides is 1. The topological polar surface area (TPSA) is 53.3 Å². The minimum Gasteiger partial charge on any atom is -0.365 e. The summed E-state index contributed by atoms with van der Waals surface area (Å²) in [6, 6.07) is 7.83. The molecule has 1 unspecified atom stereocenters. The molecule has 5 heteroatoms. The molecule has 1 heterocycles. The Bertz CT molecular complexity index is 470. The molecule has 1 atom stereocenters. The maximum absolute atomic E-state index is 13.1. The summed E-state index contributed by atoms with van der Waals surface area (Å²) in [4.78, 5) is 13.1. The minimum absolute atomic E-state index is 0.0666. The zero-order chi connectivity index (χ0) is 12.3. The van der Waals surface area contributed by atoms with Crippen molar-refractivity contribution in [3.05, 3.63) is 30.1 Å². The first-order valence-electron chi connectivity index (χ1n) is 5.25. The van der Waals surface area contributed by atoms with E-state index in [1.54, 1.807) is 12.1 Å². The molecule has 1 aromatic rings. The number of rotatable bonds is 2. The zero-order valence-corrected chi connectivity index (χ0v) is 9.10. The fourth-order valence-electron chi connectivity index (χ4n) is 1.74. The SMILES string of the molecule is N#CCC1CN(c2cccc(F)c2)C(=O)CO1. The van der Waals surface area contributed by atoms with Crippen molar-refractivity contribution in [1.82, 2.24) is 0 Å². The first-order valence-corrected chi connectivity index (χ1v) is 5.25. The van der Waals surface area contributed by atoms with Crippen molar-refractivity contribution in [1.29, 1.82) is 5.26 Å². The third-order valence-electron chi connectivity index (χ3n) is 2.57. The summed E-state index contributed by atoms with van der Waals surface area (Å²) in [5.74, 6) is -0.608. The molecule has 1 aliphatic heterocycles. The van der Waals surface area contributed by atoms with Crippen LogP contribution in [0.15, 0.2) is 24.3 Å². The lowest BCUT2D eigenvalue weighted by atomic mass is 10.2. The van der Waals surface area contributed by atoms with Crippen LogP contribution in [-0.4, -0.2) is 25.2 Å². The number of hydrogen-bond donors (Lipinski definition) is 0. The third kappa shape index (κ3) is 2.60. The standard InChI is InChI=1S/C12H11FN2O2/c13-9-2-1-3-10(6-9)15-7-11(4-5-14)17-8-12(15)16/h1-3,6,11H,4,7-8H2. The number of nitrogens with zero attached hydrogens (tertiary/aromatic N) is 2. The average molecular weight is 234 g/mol. The van der Waals surface area contributed by atoms with Gasteiger partial charge in [-0.25, -0.2) is 4.39 Å². The molecule has 0 N–H and O–H groups in total. The Balaban J connectivity index is 2.18. The molecule has 0 aromatic heterocycles. The minimum atomic E-state index is -0.390. The molecule has 1 aliphatic rings. The van der Waals surface area contributed by atoms with Crippen LogP contribution in [0.4, 0.5) is 10.1 Å². The number of morpholine rings is 1. The van der Waals surface area contributed by atoms with Crippen LogP contribution in [-0.2, 0) is 9.53 Å². The molecule has 0 radical (unpaired) electrons. The molecule has 1 aromatic carbocycles. The third-order valence-corrected chi connectivity index (χ3v) is 2.57. The van der Waals surface area contributed by atoms with Crippen molar-refractivity contribution in [3.63, 3.8) is 0 Å². The van der Waals surface area contributed by atoms with Crippen molar-refractivity contribution in [2.24, 2.45) is 0 Å². The Morgan fingerprint density at radius 3 is 3.12 bits per heavy atom. The predicted molar refractivity (Wildman–Crippen MR) is 58.7 cm³/mol. The summed E-state index contributed by atoms with van der Waals surface area (Å²) in [6.45, 7) is 0.221. The molecule has 1 saturated heterocycles. The molecular formula is C12H11FN2O2. The van der Waals surface area contributed by atoms with Crippen LogP contribution in [0, 0.1) is 17.1 Å². The van der Waals surface area contributed by atoms with Crippen LogP contribution in [0.25, 0.3) is 0 Å². The molecule has 4 nitrogen and oxygen atoms in total. The van der Waals surface area contributed by atoms with E-state index in [0.717, 1.165) is 0 Å². The van der Waals surface area contributed by atoms with E-state index in [-0.39, 0.29) is 31.6 Å². The second-order valence-electron chi connectivity index (χ2n) is 3.78. The van der Waals surface area contributed by atoms with E-state index in [1.165, 1.54) is 17.0 Å². The number of nitriles is 1. The summed E-state index contributed by atoms with van der Waals surface area (Å²) in [7, 11) is 0. The summed E-state index contributed by atoms with van der Waals surface area (Å²) < 4.78 is 18.3. The highest BCUT2D eigenvalue weighted by Gasteiger charge is 2.27. The first kappa shape index (κ1) is 11.6. The molecule has 0 bridgehead atoms. The van der Waals surface area contributed by atoms with Gasteiger partial charge in [0, 0.05) is 5.69 Å². The van der Waals surface area contributed by atoms with Gasteiger partial charge in [-0.05, 0) is 18.2 Å². The molecule has 0 saturated carbocycles. The maximum atomic E-state index is 13.1. The van der Waals surface area contributed by atoms with E-state index < -0.39 is 5.82 Å². The van der Waals surface area contributed by atoms with Crippen molar-refractivity contribution in [2.75, 3.05) is 18.1 Å². The lowest BCUT2D eigenvalue weighted by Gasteiger charge is -2.31. The highest BCUT2D eigenvalue weighted by Crippen LogP contribution is 2.20. The van der Waals surface area contributed by atoms with Crippen molar-refractivity contribution in [2.45, 2.75) is 12.5 Å². The normalized spacial score (nSPS) is 20.1. The second kappa shape index (κ2) is 4.93. The smallest absolute Gasteiger partial charge is 0.253 e. The van der Waals surface area contributed by atoms with Crippen LogP contribution >= 0.6 is 0 Å². The zero-order valence-electron chi connectivity index (χ0n) is 9.10. The fraction of sp³-hybridized carbons (Fsp3) is 0.333. The van der Waals surface area contributed by atoms with E-state index in [4.69, 9.17) is 10.00 Å². The van der Waals surface area contributed by atoms with Crippen LogP contribution < -0.4 is 4.90 Å². The van der Waals surface area contributed by atoms with Crippen molar-refractivity contribution >= 4 is 11.6 Å². The number of hydrogen-bond acceptors (Lipinski definition) is 3. The Hall–Kier alpha value is -1.93. The average Bonchev–Trinajstić information content (AvgIpc) is 2.32. The van der Waals surface area contributed by atoms with Crippen molar-refractivity contribution in [3.8, 4) is 6.07 Å². The lowest BCUT2D eigenvalue weighted by molar-refractivity contribution is -0.129. The number of benzene rings is 1. The number of halogens is 1. The molecule has 1 amide bonds. The van der Waals surface area contributed by atoms with E-state index in [0.29, 0.717) is 5.69 Å². The lowest BCUT2D eigenvalue weighted by Crippen LogP contribution is -2.46. The number of carbonyl (C=O) groups is 1. The Morgan fingerprint density at radius 1 is 1.59 bits per heavy atom. The summed E-state index contributed by atoms with van der Waals surface area (Å²) in [5, 5.41) is 8.59. The number of ether oxygens (including phenoxy) is 1.